The number of alkyl halides is 2. The number of aliphatic carboxylic acids is 1. The summed E-state index contributed by atoms with van der Waals surface area (Å²) >= 11 is 0.408. The quantitative estimate of drug-likeness (QED) is 0.671. The molecule has 1 unspecified atom stereocenters. The number of hydrogen-bond donors (Lipinski definition) is 3. The van der Waals surface area contributed by atoms with Crippen LogP contribution in [-0.2, 0) is 9.59 Å². The maximum atomic E-state index is 12.1. The van der Waals surface area contributed by atoms with Crippen molar-refractivity contribution in [3.8, 4) is 0 Å². The molecular formula is C12H14F2N2O3S. The van der Waals surface area contributed by atoms with Gasteiger partial charge in [0.25, 0.3) is 5.76 Å². The van der Waals surface area contributed by atoms with Crippen LogP contribution in [0.5, 0.6) is 0 Å². The van der Waals surface area contributed by atoms with Crippen LogP contribution < -0.4 is 11.1 Å². The lowest BCUT2D eigenvalue weighted by atomic mass is 10.1. The molecule has 0 fully saturated rings. The van der Waals surface area contributed by atoms with E-state index in [-0.39, 0.29) is 12.8 Å². The second-order valence-corrected chi connectivity index (χ2v) is 4.99. The molecule has 0 radical (unpaired) electrons. The molecule has 1 rings (SSSR count). The molecule has 110 valence electrons. The number of halogens is 2. The molecule has 4 N–H and O–H groups in total. The topological polar surface area (TPSA) is 92.4 Å². The van der Waals surface area contributed by atoms with E-state index in [0.717, 1.165) is 0 Å². The van der Waals surface area contributed by atoms with E-state index >= 15 is 0 Å². The number of anilines is 1. The Morgan fingerprint density at radius 1 is 1.30 bits per heavy atom. The van der Waals surface area contributed by atoms with Crippen molar-refractivity contribution in [2.75, 3.05) is 5.32 Å². The molecule has 0 aliphatic carbocycles. The van der Waals surface area contributed by atoms with E-state index in [2.05, 4.69) is 5.32 Å². The molecule has 5 nitrogen and oxygen atoms in total. The summed E-state index contributed by atoms with van der Waals surface area (Å²) < 4.78 is 24.2. The van der Waals surface area contributed by atoms with Crippen molar-refractivity contribution >= 4 is 29.3 Å². The Kier molecular flexibility index (Phi) is 6.40. The number of nitrogens with two attached hydrogens (primary N) is 1. The zero-order valence-electron chi connectivity index (χ0n) is 10.4. The molecule has 8 heteroatoms. The van der Waals surface area contributed by atoms with Crippen LogP contribution in [0.1, 0.15) is 12.8 Å². The smallest absolute Gasteiger partial charge is 0.303 e. The van der Waals surface area contributed by atoms with Gasteiger partial charge < -0.3 is 16.2 Å². The van der Waals surface area contributed by atoms with Gasteiger partial charge in [-0.3, -0.25) is 9.59 Å². The van der Waals surface area contributed by atoms with Gasteiger partial charge in [-0.1, -0.05) is 11.8 Å². The third-order valence-electron chi connectivity index (χ3n) is 2.35. The minimum absolute atomic E-state index is 0.0283. The standard InChI is InChI=1S/C12H14F2N2O3S/c13-12(14)20-8-3-1-7(2-4-8)16-11(19)9(15)5-6-10(17)18/h1-4,9,12H,5-6,15H2,(H,16,19)(H,17,18). The third-order valence-corrected chi connectivity index (χ3v) is 3.08. The van der Waals surface area contributed by atoms with Gasteiger partial charge in [-0.15, -0.1) is 0 Å². The molecular weight excluding hydrogens is 290 g/mol. The van der Waals surface area contributed by atoms with Crippen molar-refractivity contribution in [1.82, 2.24) is 0 Å². The number of rotatable bonds is 7. The first-order valence-electron chi connectivity index (χ1n) is 5.71. The Hall–Kier alpha value is -1.67. The monoisotopic (exact) mass is 304 g/mol. The minimum Gasteiger partial charge on any atom is -0.481 e. The van der Waals surface area contributed by atoms with E-state index in [1.54, 1.807) is 0 Å². The predicted molar refractivity (Wildman–Crippen MR) is 71.8 cm³/mol. The van der Waals surface area contributed by atoms with E-state index in [4.69, 9.17) is 10.8 Å². The summed E-state index contributed by atoms with van der Waals surface area (Å²) in [5, 5.41) is 11.0. The summed E-state index contributed by atoms with van der Waals surface area (Å²) in [6, 6.07) is 4.94. The van der Waals surface area contributed by atoms with Gasteiger partial charge in [0, 0.05) is 17.0 Å². The lowest BCUT2D eigenvalue weighted by molar-refractivity contribution is -0.137. The van der Waals surface area contributed by atoms with Gasteiger partial charge in [0.15, 0.2) is 0 Å². The zero-order valence-corrected chi connectivity index (χ0v) is 11.2. The molecule has 1 atom stereocenters. The maximum absolute atomic E-state index is 12.1. The van der Waals surface area contributed by atoms with E-state index in [9.17, 15) is 18.4 Å². The number of hydrogen-bond acceptors (Lipinski definition) is 4. The summed E-state index contributed by atoms with van der Waals surface area (Å²) in [4.78, 5) is 22.4. The van der Waals surface area contributed by atoms with E-state index in [1.165, 1.54) is 24.3 Å². The van der Waals surface area contributed by atoms with Crippen LogP contribution in [0.25, 0.3) is 0 Å². The highest BCUT2D eigenvalue weighted by atomic mass is 32.2. The van der Waals surface area contributed by atoms with Crippen LogP contribution in [0.4, 0.5) is 14.5 Å². The lowest BCUT2D eigenvalue weighted by Gasteiger charge is -2.11. The number of carboxylic acids is 1. The molecule has 20 heavy (non-hydrogen) atoms. The normalized spacial score (nSPS) is 12.2. The zero-order chi connectivity index (χ0) is 15.1. The second kappa shape index (κ2) is 7.81. The van der Waals surface area contributed by atoms with Gasteiger partial charge in [-0.25, -0.2) is 0 Å². The molecule has 0 spiro atoms. The van der Waals surface area contributed by atoms with Crippen LogP contribution in [0.3, 0.4) is 0 Å². The first-order chi connectivity index (χ1) is 9.38. The van der Waals surface area contributed by atoms with Crippen LogP contribution >= 0.6 is 11.8 Å². The van der Waals surface area contributed by atoms with Crippen molar-refractivity contribution < 1.29 is 23.5 Å². The lowest BCUT2D eigenvalue weighted by Crippen LogP contribution is -2.36. The van der Waals surface area contributed by atoms with Crippen LogP contribution in [0, 0.1) is 0 Å². The Morgan fingerprint density at radius 3 is 2.40 bits per heavy atom. The molecule has 1 aromatic carbocycles. The number of carbonyl (C=O) groups is 2. The molecule has 0 saturated carbocycles. The summed E-state index contributed by atoms with van der Waals surface area (Å²) in [5.41, 5.74) is 5.95. The summed E-state index contributed by atoms with van der Waals surface area (Å²) in [6.45, 7) is 0. The third kappa shape index (κ3) is 5.98. The second-order valence-electron chi connectivity index (χ2n) is 3.93. The number of benzene rings is 1. The molecule has 1 aromatic rings. The summed E-state index contributed by atoms with van der Waals surface area (Å²) in [5.74, 6) is -4.04. The molecule has 1 amide bonds. The van der Waals surface area contributed by atoms with Crippen molar-refractivity contribution in [2.24, 2.45) is 5.73 Å². The fourth-order valence-corrected chi connectivity index (χ4v) is 1.86. The summed E-state index contributed by atoms with van der Waals surface area (Å²) in [7, 11) is 0. The Labute approximate surface area is 118 Å². The largest absolute Gasteiger partial charge is 0.481 e. The van der Waals surface area contributed by atoms with Crippen LogP contribution in [0.2, 0.25) is 0 Å². The van der Waals surface area contributed by atoms with Gasteiger partial charge in [-0.2, -0.15) is 8.78 Å². The molecule has 0 saturated heterocycles. The van der Waals surface area contributed by atoms with Gasteiger partial charge in [-0.05, 0) is 30.7 Å². The number of amides is 1. The Morgan fingerprint density at radius 2 is 1.90 bits per heavy atom. The fraction of sp³-hybridized carbons (Fsp3) is 0.333. The first kappa shape index (κ1) is 16.4. The predicted octanol–water partition coefficient (Wildman–Crippen LogP) is 2.13. The van der Waals surface area contributed by atoms with Crippen molar-refractivity contribution in [3.05, 3.63) is 24.3 Å². The van der Waals surface area contributed by atoms with Gasteiger partial charge >= 0.3 is 5.97 Å². The van der Waals surface area contributed by atoms with Gasteiger partial charge in [0.05, 0.1) is 6.04 Å². The first-order valence-corrected chi connectivity index (χ1v) is 6.59. The van der Waals surface area contributed by atoms with Crippen LogP contribution in [-0.4, -0.2) is 28.8 Å². The van der Waals surface area contributed by atoms with Gasteiger partial charge in [0.1, 0.15) is 0 Å². The van der Waals surface area contributed by atoms with Crippen molar-refractivity contribution in [2.45, 2.75) is 29.5 Å². The van der Waals surface area contributed by atoms with E-state index < -0.39 is 23.7 Å². The highest BCUT2D eigenvalue weighted by Crippen LogP contribution is 2.26. The molecule has 0 aliphatic heterocycles. The number of thioether (sulfide) groups is 1. The number of carbonyl (C=O) groups excluding carboxylic acids is 1. The minimum atomic E-state index is -2.50. The van der Waals surface area contributed by atoms with Crippen molar-refractivity contribution in [1.29, 1.82) is 0 Å². The molecule has 0 heterocycles. The maximum Gasteiger partial charge on any atom is 0.303 e. The van der Waals surface area contributed by atoms with Crippen molar-refractivity contribution in [3.63, 3.8) is 0 Å². The fourth-order valence-electron chi connectivity index (χ4n) is 1.36. The van der Waals surface area contributed by atoms with Gasteiger partial charge in [0.2, 0.25) is 5.91 Å². The number of nitrogens with one attached hydrogen (secondary N) is 1. The van der Waals surface area contributed by atoms with E-state index in [1.807, 2.05) is 0 Å². The molecule has 0 aromatic heterocycles. The Balaban J connectivity index is 2.51. The highest BCUT2D eigenvalue weighted by Gasteiger charge is 2.15. The van der Waals surface area contributed by atoms with Crippen LogP contribution in [0.15, 0.2) is 29.2 Å². The molecule has 0 bridgehead atoms. The Bertz CT molecular complexity index is 468. The summed E-state index contributed by atoms with van der Waals surface area (Å²) in [6.07, 6.45) is -0.168. The average Bonchev–Trinajstić information content (AvgIpc) is 2.37. The average molecular weight is 304 g/mol. The van der Waals surface area contributed by atoms with E-state index in [0.29, 0.717) is 22.3 Å². The number of carboxylic acid groups (broad SMARTS) is 1. The SMILES string of the molecule is NC(CCC(=O)O)C(=O)Nc1ccc(SC(F)F)cc1. The molecule has 0 aliphatic rings. The highest BCUT2D eigenvalue weighted by molar-refractivity contribution is 7.99.